The average molecular weight is 356 g/mol. The van der Waals surface area contributed by atoms with Crippen molar-refractivity contribution >= 4 is 11.9 Å². The molecule has 0 atom stereocenters. The first kappa shape index (κ1) is 21.9. The molecule has 1 aliphatic carbocycles. The largest absolute Gasteiger partial charge is 0.466 e. The number of carbonyl (C=O) groups excluding carboxylic acids is 2. The Labute approximate surface area is 153 Å². The number of ether oxygens (including phenoxy) is 2. The van der Waals surface area contributed by atoms with Crippen LogP contribution in [0.3, 0.4) is 0 Å². The second kappa shape index (κ2) is 13.2. The molecule has 1 rings (SSSR count). The Morgan fingerprint density at radius 3 is 2.44 bits per heavy atom. The molecule has 0 N–H and O–H groups in total. The molecule has 5 heteroatoms. The Kier molecular flexibility index (Phi) is 11.5. The maximum atomic E-state index is 12.6. The summed E-state index contributed by atoms with van der Waals surface area (Å²) in [7, 11) is 0. The van der Waals surface area contributed by atoms with Crippen LogP contribution >= 0.6 is 0 Å². The number of amides is 1. The van der Waals surface area contributed by atoms with Crippen LogP contribution in [0.15, 0.2) is 0 Å². The number of carbonyl (C=O) groups is 2. The molecule has 0 aromatic heterocycles. The third kappa shape index (κ3) is 10.5. The quantitative estimate of drug-likeness (QED) is 0.393. The molecule has 0 unspecified atom stereocenters. The molecular weight excluding hydrogens is 318 g/mol. The number of hydrogen-bond acceptors (Lipinski definition) is 4. The lowest BCUT2D eigenvalue weighted by Gasteiger charge is -2.25. The van der Waals surface area contributed by atoms with Crippen LogP contribution in [0.5, 0.6) is 0 Å². The first-order valence-corrected chi connectivity index (χ1v) is 10.1. The van der Waals surface area contributed by atoms with Gasteiger partial charge in [0, 0.05) is 26.1 Å². The van der Waals surface area contributed by atoms with Gasteiger partial charge >= 0.3 is 5.97 Å². The van der Waals surface area contributed by atoms with Gasteiger partial charge in [0.05, 0.1) is 19.1 Å². The lowest BCUT2D eigenvalue weighted by molar-refractivity contribution is -0.144. The second-order valence-corrected chi connectivity index (χ2v) is 7.25. The van der Waals surface area contributed by atoms with Gasteiger partial charge in [0.2, 0.25) is 5.91 Å². The van der Waals surface area contributed by atoms with Gasteiger partial charge in [0.15, 0.2) is 0 Å². The molecular formula is C20H37NO4. The lowest BCUT2D eigenvalue weighted by atomic mass is 9.86. The van der Waals surface area contributed by atoms with E-state index in [1.54, 1.807) is 6.92 Å². The highest BCUT2D eigenvalue weighted by atomic mass is 16.5. The monoisotopic (exact) mass is 355 g/mol. The van der Waals surface area contributed by atoms with E-state index < -0.39 is 0 Å². The first-order valence-electron chi connectivity index (χ1n) is 10.1. The van der Waals surface area contributed by atoms with Gasteiger partial charge in [0.1, 0.15) is 0 Å². The maximum Gasteiger partial charge on any atom is 0.307 e. The van der Waals surface area contributed by atoms with E-state index in [9.17, 15) is 9.59 Å². The molecule has 1 fully saturated rings. The van der Waals surface area contributed by atoms with Crippen molar-refractivity contribution in [3.8, 4) is 0 Å². The van der Waals surface area contributed by atoms with Crippen LogP contribution in [0.25, 0.3) is 0 Å². The van der Waals surface area contributed by atoms with Crippen molar-refractivity contribution in [3.05, 3.63) is 0 Å². The highest BCUT2D eigenvalue weighted by molar-refractivity contribution is 5.77. The molecule has 0 radical (unpaired) electrons. The Morgan fingerprint density at radius 1 is 1.08 bits per heavy atom. The summed E-state index contributed by atoms with van der Waals surface area (Å²) in [4.78, 5) is 26.0. The van der Waals surface area contributed by atoms with Gasteiger partial charge < -0.3 is 14.4 Å². The summed E-state index contributed by atoms with van der Waals surface area (Å²) in [5, 5.41) is 0. The van der Waals surface area contributed by atoms with Crippen LogP contribution in [0.4, 0.5) is 0 Å². The van der Waals surface area contributed by atoms with Crippen molar-refractivity contribution in [2.45, 2.75) is 84.7 Å². The zero-order chi connectivity index (χ0) is 18.5. The highest BCUT2D eigenvalue weighted by Crippen LogP contribution is 2.27. The lowest BCUT2D eigenvalue weighted by Crippen LogP contribution is -2.35. The van der Waals surface area contributed by atoms with Crippen molar-refractivity contribution in [3.63, 3.8) is 0 Å². The molecule has 0 aromatic carbocycles. The van der Waals surface area contributed by atoms with E-state index in [1.165, 1.54) is 32.1 Å². The van der Waals surface area contributed by atoms with Gasteiger partial charge in [-0.25, -0.2) is 0 Å². The maximum absolute atomic E-state index is 12.6. The van der Waals surface area contributed by atoms with Gasteiger partial charge in [-0.2, -0.15) is 0 Å². The summed E-state index contributed by atoms with van der Waals surface area (Å²) in [6, 6.07) is 0. The topological polar surface area (TPSA) is 55.8 Å². The molecule has 1 amide bonds. The highest BCUT2D eigenvalue weighted by Gasteiger charge is 2.19. The number of nitrogens with zero attached hydrogens (tertiary/aromatic N) is 1. The summed E-state index contributed by atoms with van der Waals surface area (Å²) >= 11 is 0. The minimum absolute atomic E-state index is 0.166. The first-order chi connectivity index (χ1) is 12.0. The molecule has 0 aromatic rings. The van der Waals surface area contributed by atoms with Crippen molar-refractivity contribution in [1.82, 2.24) is 4.90 Å². The van der Waals surface area contributed by atoms with E-state index in [0.29, 0.717) is 38.6 Å². The Bertz CT molecular complexity index is 378. The molecule has 25 heavy (non-hydrogen) atoms. The van der Waals surface area contributed by atoms with E-state index in [-0.39, 0.29) is 24.4 Å². The van der Waals surface area contributed by atoms with Gasteiger partial charge in [0.25, 0.3) is 0 Å². The van der Waals surface area contributed by atoms with Gasteiger partial charge in [-0.1, -0.05) is 32.1 Å². The summed E-state index contributed by atoms with van der Waals surface area (Å²) in [6.45, 7) is 7.94. The number of rotatable bonds is 12. The summed E-state index contributed by atoms with van der Waals surface area (Å²) in [5.74, 6) is 0.638. The SMILES string of the molecule is CCOC(=O)CCN(CCCOC(C)C)C(=O)CCC1CCCCC1. The van der Waals surface area contributed by atoms with E-state index in [2.05, 4.69) is 0 Å². The van der Waals surface area contributed by atoms with Crippen molar-refractivity contribution in [1.29, 1.82) is 0 Å². The minimum atomic E-state index is -0.231. The third-order valence-electron chi connectivity index (χ3n) is 4.76. The van der Waals surface area contributed by atoms with Crippen LogP contribution in [-0.4, -0.2) is 49.2 Å². The molecule has 146 valence electrons. The molecule has 0 bridgehead atoms. The van der Waals surface area contributed by atoms with Crippen molar-refractivity contribution < 1.29 is 19.1 Å². The van der Waals surface area contributed by atoms with Crippen LogP contribution in [-0.2, 0) is 19.1 Å². The molecule has 0 heterocycles. The minimum Gasteiger partial charge on any atom is -0.466 e. The fourth-order valence-corrected chi connectivity index (χ4v) is 3.36. The van der Waals surface area contributed by atoms with Crippen molar-refractivity contribution in [2.24, 2.45) is 5.92 Å². The summed E-state index contributed by atoms with van der Waals surface area (Å²) < 4.78 is 10.5. The Hall–Kier alpha value is -1.10. The smallest absolute Gasteiger partial charge is 0.307 e. The number of hydrogen-bond donors (Lipinski definition) is 0. The molecule has 0 aliphatic heterocycles. The molecule has 0 spiro atoms. The fourth-order valence-electron chi connectivity index (χ4n) is 3.36. The van der Waals surface area contributed by atoms with Crippen LogP contribution in [0, 0.1) is 5.92 Å². The normalized spacial score (nSPS) is 15.4. The zero-order valence-electron chi connectivity index (χ0n) is 16.4. The zero-order valence-corrected chi connectivity index (χ0v) is 16.4. The average Bonchev–Trinajstić information content (AvgIpc) is 2.60. The Morgan fingerprint density at radius 2 is 1.80 bits per heavy atom. The molecule has 0 saturated heterocycles. The number of esters is 1. The van der Waals surface area contributed by atoms with Gasteiger partial charge in [-0.15, -0.1) is 0 Å². The van der Waals surface area contributed by atoms with Crippen LogP contribution < -0.4 is 0 Å². The fraction of sp³-hybridized carbons (Fsp3) is 0.900. The second-order valence-electron chi connectivity index (χ2n) is 7.25. The molecule has 5 nitrogen and oxygen atoms in total. The third-order valence-corrected chi connectivity index (χ3v) is 4.76. The van der Waals surface area contributed by atoms with E-state index in [4.69, 9.17) is 9.47 Å². The summed E-state index contributed by atoms with van der Waals surface area (Å²) in [5.41, 5.74) is 0. The van der Waals surface area contributed by atoms with Crippen LogP contribution in [0.2, 0.25) is 0 Å². The van der Waals surface area contributed by atoms with Crippen molar-refractivity contribution in [2.75, 3.05) is 26.3 Å². The molecule has 1 aliphatic rings. The molecule has 1 saturated carbocycles. The summed E-state index contributed by atoms with van der Waals surface area (Å²) in [6.07, 6.45) is 9.33. The van der Waals surface area contributed by atoms with E-state index in [1.807, 2.05) is 18.7 Å². The Balaban J connectivity index is 2.40. The predicted molar refractivity (Wildman–Crippen MR) is 99.3 cm³/mol. The predicted octanol–water partition coefficient (Wildman–Crippen LogP) is 3.94. The van der Waals surface area contributed by atoms with Gasteiger partial charge in [-0.3, -0.25) is 9.59 Å². The van der Waals surface area contributed by atoms with E-state index >= 15 is 0 Å². The van der Waals surface area contributed by atoms with Gasteiger partial charge in [-0.05, 0) is 39.5 Å². The van der Waals surface area contributed by atoms with Crippen LogP contribution in [0.1, 0.15) is 78.6 Å². The van der Waals surface area contributed by atoms with E-state index in [0.717, 1.165) is 12.8 Å². The standard InChI is InChI=1S/C20H37NO4/c1-4-24-20(23)13-15-21(14-8-16-25-17(2)3)19(22)12-11-18-9-6-5-7-10-18/h17-18H,4-16H2,1-3H3.